The molecule has 1 aromatic rings. The second-order valence-electron chi connectivity index (χ2n) is 5.32. The number of methoxy groups -OCH3 is 1. The molecule has 0 aromatic heterocycles. The highest BCUT2D eigenvalue weighted by Crippen LogP contribution is 2.22. The summed E-state index contributed by atoms with van der Waals surface area (Å²) >= 11 is 0. The first-order valence-electron chi connectivity index (χ1n) is 6.94. The molecule has 2 N–H and O–H groups in total. The lowest BCUT2D eigenvalue weighted by Crippen LogP contribution is -2.46. The lowest BCUT2D eigenvalue weighted by molar-refractivity contribution is 0.145. The molecule has 1 aliphatic rings. The summed E-state index contributed by atoms with van der Waals surface area (Å²) in [7, 11) is 1.48. The molecule has 1 aliphatic heterocycles. The smallest absolute Gasteiger partial charge is 0.165 e. The molecule has 0 aliphatic carbocycles. The highest BCUT2D eigenvalue weighted by Gasteiger charge is 2.25. The molecule has 0 bridgehead atoms. The number of hydrogen-bond donors (Lipinski definition) is 1. The summed E-state index contributed by atoms with van der Waals surface area (Å²) in [5.41, 5.74) is 7.09. The van der Waals surface area contributed by atoms with Crippen molar-refractivity contribution in [3.05, 3.63) is 29.6 Å². The van der Waals surface area contributed by atoms with Crippen molar-refractivity contribution in [3.8, 4) is 5.75 Å². The van der Waals surface area contributed by atoms with Crippen molar-refractivity contribution in [1.82, 2.24) is 4.90 Å². The van der Waals surface area contributed by atoms with Gasteiger partial charge in [-0.3, -0.25) is 4.90 Å². The average molecular weight is 266 g/mol. The average Bonchev–Trinajstić information content (AvgIpc) is 2.41. The van der Waals surface area contributed by atoms with Crippen molar-refractivity contribution in [2.75, 3.05) is 20.2 Å². The number of piperidine rings is 1. The normalized spacial score (nSPS) is 24.4. The molecule has 2 unspecified atom stereocenters. The number of benzene rings is 1. The van der Waals surface area contributed by atoms with Crippen molar-refractivity contribution in [2.45, 2.75) is 32.4 Å². The Labute approximate surface area is 114 Å². The predicted molar refractivity (Wildman–Crippen MR) is 74.6 cm³/mol. The molecule has 106 valence electrons. The zero-order chi connectivity index (χ0) is 13.8. The van der Waals surface area contributed by atoms with Gasteiger partial charge in [-0.15, -0.1) is 0 Å². The van der Waals surface area contributed by atoms with Crippen LogP contribution < -0.4 is 10.5 Å². The highest BCUT2D eigenvalue weighted by molar-refractivity contribution is 5.29. The summed E-state index contributed by atoms with van der Waals surface area (Å²) < 4.78 is 18.6. The Kier molecular flexibility index (Phi) is 4.77. The maximum absolute atomic E-state index is 13.6. The van der Waals surface area contributed by atoms with E-state index in [2.05, 4.69) is 11.8 Å². The second kappa shape index (κ2) is 6.35. The Morgan fingerprint density at radius 3 is 2.89 bits per heavy atom. The molecule has 4 heteroatoms. The van der Waals surface area contributed by atoms with Crippen LogP contribution in [-0.4, -0.2) is 31.1 Å². The Morgan fingerprint density at radius 1 is 1.47 bits per heavy atom. The van der Waals surface area contributed by atoms with Crippen LogP contribution in [-0.2, 0) is 6.54 Å². The van der Waals surface area contributed by atoms with Gasteiger partial charge in [-0.05, 0) is 36.6 Å². The molecule has 0 spiro atoms. The van der Waals surface area contributed by atoms with Gasteiger partial charge < -0.3 is 10.5 Å². The first-order valence-corrected chi connectivity index (χ1v) is 6.94. The van der Waals surface area contributed by atoms with E-state index in [4.69, 9.17) is 10.5 Å². The number of likely N-dealkylation sites (tertiary alicyclic amines) is 1. The molecule has 1 aromatic carbocycles. The third kappa shape index (κ3) is 3.45. The first-order chi connectivity index (χ1) is 9.13. The van der Waals surface area contributed by atoms with Crippen LogP contribution in [0, 0.1) is 11.7 Å². The van der Waals surface area contributed by atoms with Gasteiger partial charge >= 0.3 is 0 Å². The minimum absolute atomic E-state index is 0.291. The minimum Gasteiger partial charge on any atom is -0.494 e. The molecule has 0 saturated carbocycles. The van der Waals surface area contributed by atoms with Crippen LogP contribution in [0.1, 0.15) is 25.3 Å². The molecular formula is C15H23FN2O. The van der Waals surface area contributed by atoms with Crippen LogP contribution in [0.2, 0.25) is 0 Å². The third-order valence-corrected chi connectivity index (χ3v) is 4.02. The molecule has 1 heterocycles. The topological polar surface area (TPSA) is 38.5 Å². The monoisotopic (exact) mass is 266 g/mol. The SMILES string of the molecule is CCC1CN(Cc2ccc(OC)c(F)c2)CCC1N. The van der Waals surface area contributed by atoms with E-state index in [1.807, 2.05) is 6.07 Å². The van der Waals surface area contributed by atoms with E-state index in [0.717, 1.165) is 38.0 Å². The fourth-order valence-corrected chi connectivity index (χ4v) is 2.77. The zero-order valence-electron chi connectivity index (χ0n) is 11.7. The zero-order valence-corrected chi connectivity index (χ0v) is 11.7. The Morgan fingerprint density at radius 2 is 2.26 bits per heavy atom. The van der Waals surface area contributed by atoms with E-state index >= 15 is 0 Å². The fourth-order valence-electron chi connectivity index (χ4n) is 2.77. The van der Waals surface area contributed by atoms with Crippen LogP contribution >= 0.6 is 0 Å². The number of ether oxygens (including phenoxy) is 1. The van der Waals surface area contributed by atoms with Crippen LogP contribution in [0.25, 0.3) is 0 Å². The summed E-state index contributed by atoms with van der Waals surface area (Å²) in [4.78, 5) is 2.36. The van der Waals surface area contributed by atoms with Gasteiger partial charge in [-0.1, -0.05) is 19.4 Å². The number of rotatable bonds is 4. The number of nitrogens with zero attached hydrogens (tertiary/aromatic N) is 1. The van der Waals surface area contributed by atoms with Crippen molar-refractivity contribution in [3.63, 3.8) is 0 Å². The Balaban J connectivity index is 1.99. The molecule has 3 nitrogen and oxygen atoms in total. The summed E-state index contributed by atoms with van der Waals surface area (Å²) in [5, 5.41) is 0. The summed E-state index contributed by atoms with van der Waals surface area (Å²) in [5.74, 6) is 0.563. The van der Waals surface area contributed by atoms with E-state index in [9.17, 15) is 4.39 Å². The minimum atomic E-state index is -0.291. The Hall–Kier alpha value is -1.13. The van der Waals surface area contributed by atoms with Gasteiger partial charge in [0, 0.05) is 19.1 Å². The third-order valence-electron chi connectivity index (χ3n) is 4.02. The predicted octanol–water partition coefficient (Wildman–Crippen LogP) is 2.39. The standard InChI is InChI=1S/C15H23FN2O/c1-3-12-10-18(7-6-14(12)17)9-11-4-5-15(19-2)13(16)8-11/h4-5,8,12,14H,3,6-7,9-10,17H2,1-2H3. The number of nitrogens with two attached hydrogens (primary N) is 1. The summed E-state index contributed by atoms with van der Waals surface area (Å²) in [6.45, 7) is 4.96. The second-order valence-corrected chi connectivity index (χ2v) is 5.32. The molecule has 1 fully saturated rings. The summed E-state index contributed by atoms with van der Waals surface area (Å²) in [6, 6.07) is 5.50. The van der Waals surface area contributed by atoms with Crippen molar-refractivity contribution < 1.29 is 9.13 Å². The highest BCUT2D eigenvalue weighted by atomic mass is 19.1. The van der Waals surface area contributed by atoms with Crippen molar-refractivity contribution in [2.24, 2.45) is 11.7 Å². The van der Waals surface area contributed by atoms with E-state index in [1.54, 1.807) is 12.1 Å². The van der Waals surface area contributed by atoms with E-state index < -0.39 is 0 Å². The Bertz CT molecular complexity index is 425. The largest absolute Gasteiger partial charge is 0.494 e. The van der Waals surface area contributed by atoms with Crippen LogP contribution in [0.5, 0.6) is 5.75 Å². The van der Waals surface area contributed by atoms with Crippen molar-refractivity contribution in [1.29, 1.82) is 0 Å². The summed E-state index contributed by atoms with van der Waals surface area (Å²) in [6.07, 6.45) is 2.13. The number of hydrogen-bond acceptors (Lipinski definition) is 3. The molecule has 1 saturated heterocycles. The van der Waals surface area contributed by atoms with Gasteiger partial charge in [0.05, 0.1) is 7.11 Å². The van der Waals surface area contributed by atoms with Gasteiger partial charge in [0.2, 0.25) is 0 Å². The first kappa shape index (κ1) is 14.3. The van der Waals surface area contributed by atoms with Gasteiger partial charge in [0.1, 0.15) is 0 Å². The lowest BCUT2D eigenvalue weighted by Gasteiger charge is -2.36. The maximum Gasteiger partial charge on any atom is 0.165 e. The van der Waals surface area contributed by atoms with E-state index in [-0.39, 0.29) is 5.82 Å². The molecule has 19 heavy (non-hydrogen) atoms. The van der Waals surface area contributed by atoms with Gasteiger partial charge in [-0.25, -0.2) is 4.39 Å². The van der Waals surface area contributed by atoms with Crippen LogP contribution in [0.4, 0.5) is 4.39 Å². The van der Waals surface area contributed by atoms with Crippen LogP contribution in [0.15, 0.2) is 18.2 Å². The molecule has 0 radical (unpaired) electrons. The number of halogens is 1. The lowest BCUT2D eigenvalue weighted by atomic mass is 9.90. The van der Waals surface area contributed by atoms with Gasteiger partial charge in [0.15, 0.2) is 11.6 Å². The molecule has 2 rings (SSSR count). The fraction of sp³-hybridized carbons (Fsp3) is 0.600. The quantitative estimate of drug-likeness (QED) is 0.909. The van der Waals surface area contributed by atoms with Crippen LogP contribution in [0.3, 0.4) is 0 Å². The van der Waals surface area contributed by atoms with Gasteiger partial charge in [-0.2, -0.15) is 0 Å². The maximum atomic E-state index is 13.6. The van der Waals surface area contributed by atoms with E-state index in [0.29, 0.717) is 17.7 Å². The molecular weight excluding hydrogens is 243 g/mol. The molecule has 0 amide bonds. The molecule has 2 atom stereocenters. The van der Waals surface area contributed by atoms with Gasteiger partial charge in [0.25, 0.3) is 0 Å². The van der Waals surface area contributed by atoms with E-state index in [1.165, 1.54) is 7.11 Å². The van der Waals surface area contributed by atoms with Crippen molar-refractivity contribution >= 4 is 0 Å².